The molecule has 0 bridgehead atoms. The summed E-state index contributed by atoms with van der Waals surface area (Å²) in [7, 11) is 3.29. The summed E-state index contributed by atoms with van der Waals surface area (Å²) in [5.74, 6) is 2.72. The number of hydrogen-bond donors (Lipinski definition) is 2. The van der Waals surface area contributed by atoms with Gasteiger partial charge in [-0.2, -0.15) is 0 Å². The van der Waals surface area contributed by atoms with Crippen molar-refractivity contribution in [1.82, 2.24) is 9.97 Å². The molecule has 108 valence electrons. The van der Waals surface area contributed by atoms with Crippen molar-refractivity contribution in [2.24, 2.45) is 5.73 Å². The van der Waals surface area contributed by atoms with Crippen LogP contribution in [0, 0.1) is 0 Å². The van der Waals surface area contributed by atoms with Crippen LogP contribution in [0.3, 0.4) is 0 Å². The fraction of sp³-hybridized carbons (Fsp3) is 0.400. The minimum Gasteiger partial charge on any atom is -0.497 e. The number of benzene rings is 1. The molecule has 0 saturated carbocycles. The lowest BCUT2D eigenvalue weighted by Gasteiger charge is -2.10. The summed E-state index contributed by atoms with van der Waals surface area (Å²) < 4.78 is 10.7. The molecule has 0 saturated heterocycles. The molecule has 3 N–H and O–H groups in total. The summed E-state index contributed by atoms with van der Waals surface area (Å²) in [4.78, 5) is 7.76. The molecule has 0 amide bonds. The molecule has 0 aliphatic carbocycles. The number of aromatic amines is 1. The van der Waals surface area contributed by atoms with Gasteiger partial charge in [-0.05, 0) is 24.6 Å². The van der Waals surface area contributed by atoms with Crippen LogP contribution in [0.25, 0.3) is 11.3 Å². The van der Waals surface area contributed by atoms with Crippen molar-refractivity contribution in [3.05, 3.63) is 30.2 Å². The van der Waals surface area contributed by atoms with Crippen LogP contribution in [0.2, 0.25) is 0 Å². The smallest absolute Gasteiger partial charge is 0.128 e. The Labute approximate surface area is 119 Å². The number of nitrogens with zero attached hydrogens (tertiary/aromatic N) is 1. The van der Waals surface area contributed by atoms with Crippen LogP contribution in [-0.4, -0.2) is 30.7 Å². The molecule has 0 aliphatic heterocycles. The zero-order valence-corrected chi connectivity index (χ0v) is 12.1. The summed E-state index contributed by atoms with van der Waals surface area (Å²) in [6, 6.07) is 5.68. The first kappa shape index (κ1) is 14.4. The second-order valence-electron chi connectivity index (χ2n) is 4.59. The van der Waals surface area contributed by atoms with Crippen molar-refractivity contribution in [2.75, 3.05) is 20.8 Å². The lowest BCUT2D eigenvalue weighted by molar-refractivity contribution is 0.404. The van der Waals surface area contributed by atoms with Crippen molar-refractivity contribution in [3.63, 3.8) is 0 Å². The number of hydrogen-bond acceptors (Lipinski definition) is 4. The number of nitrogens with one attached hydrogen (secondary N) is 1. The molecule has 0 radical (unpaired) electrons. The predicted molar refractivity (Wildman–Crippen MR) is 79.2 cm³/mol. The minimum atomic E-state index is 0.250. The zero-order chi connectivity index (χ0) is 14.5. The van der Waals surface area contributed by atoms with Crippen LogP contribution in [0.5, 0.6) is 11.5 Å². The monoisotopic (exact) mass is 275 g/mol. The number of methoxy groups -OCH3 is 2. The van der Waals surface area contributed by atoms with E-state index in [1.54, 1.807) is 14.2 Å². The van der Waals surface area contributed by atoms with Gasteiger partial charge < -0.3 is 20.2 Å². The van der Waals surface area contributed by atoms with E-state index in [0.717, 1.165) is 35.0 Å². The number of ether oxygens (including phenoxy) is 2. The maximum absolute atomic E-state index is 5.76. The molecule has 20 heavy (non-hydrogen) atoms. The van der Waals surface area contributed by atoms with Gasteiger partial charge in [0.1, 0.15) is 17.3 Å². The van der Waals surface area contributed by atoms with Crippen LogP contribution in [-0.2, 0) is 0 Å². The number of nitrogens with two attached hydrogens (primary N) is 1. The van der Waals surface area contributed by atoms with Gasteiger partial charge >= 0.3 is 0 Å². The lowest BCUT2D eigenvalue weighted by atomic mass is 10.1. The predicted octanol–water partition coefficient (Wildman–Crippen LogP) is 2.55. The topological polar surface area (TPSA) is 73.2 Å². The third-order valence-electron chi connectivity index (χ3n) is 3.46. The fourth-order valence-corrected chi connectivity index (χ4v) is 2.18. The molecule has 0 aliphatic rings. The van der Waals surface area contributed by atoms with E-state index in [2.05, 4.69) is 16.9 Å². The quantitative estimate of drug-likeness (QED) is 0.849. The van der Waals surface area contributed by atoms with Crippen molar-refractivity contribution in [3.8, 4) is 22.8 Å². The Morgan fingerprint density at radius 1 is 1.30 bits per heavy atom. The van der Waals surface area contributed by atoms with E-state index in [0.29, 0.717) is 6.54 Å². The summed E-state index contributed by atoms with van der Waals surface area (Å²) >= 11 is 0. The largest absolute Gasteiger partial charge is 0.497 e. The van der Waals surface area contributed by atoms with Crippen molar-refractivity contribution in [2.45, 2.75) is 19.3 Å². The highest BCUT2D eigenvalue weighted by molar-refractivity contribution is 5.68. The van der Waals surface area contributed by atoms with Gasteiger partial charge in [0.2, 0.25) is 0 Å². The molecular formula is C15H21N3O2. The molecule has 1 heterocycles. The highest BCUT2D eigenvalue weighted by Gasteiger charge is 2.14. The summed E-state index contributed by atoms with van der Waals surface area (Å²) in [5, 5.41) is 0. The SMILES string of the molecule is CCC(CN)c1ncc(-c2cc(OC)ccc2OC)[nH]1. The number of rotatable bonds is 6. The minimum absolute atomic E-state index is 0.250. The molecule has 5 heteroatoms. The van der Waals surface area contributed by atoms with E-state index in [9.17, 15) is 0 Å². The first-order chi connectivity index (χ1) is 9.73. The Bertz CT molecular complexity index is 562. The van der Waals surface area contributed by atoms with E-state index >= 15 is 0 Å². The molecule has 2 aromatic rings. The van der Waals surface area contributed by atoms with Gasteiger partial charge in [0, 0.05) is 18.0 Å². The third-order valence-corrected chi connectivity index (χ3v) is 3.46. The van der Waals surface area contributed by atoms with Crippen LogP contribution < -0.4 is 15.2 Å². The number of imidazole rings is 1. The molecule has 2 rings (SSSR count). The normalized spacial score (nSPS) is 12.2. The van der Waals surface area contributed by atoms with Gasteiger partial charge in [-0.1, -0.05) is 6.92 Å². The van der Waals surface area contributed by atoms with Gasteiger partial charge in [0.05, 0.1) is 26.1 Å². The van der Waals surface area contributed by atoms with Crippen LogP contribution >= 0.6 is 0 Å². The number of H-pyrrole nitrogens is 1. The Morgan fingerprint density at radius 3 is 2.70 bits per heavy atom. The van der Waals surface area contributed by atoms with Gasteiger partial charge in [0.15, 0.2) is 0 Å². The molecule has 1 aromatic carbocycles. The summed E-state index contributed by atoms with van der Waals surface area (Å²) in [6.07, 6.45) is 2.77. The van der Waals surface area contributed by atoms with Crippen LogP contribution in [0.4, 0.5) is 0 Å². The van der Waals surface area contributed by atoms with Crippen LogP contribution in [0.15, 0.2) is 24.4 Å². The first-order valence-corrected chi connectivity index (χ1v) is 6.70. The number of aromatic nitrogens is 2. The van der Waals surface area contributed by atoms with E-state index < -0.39 is 0 Å². The fourth-order valence-electron chi connectivity index (χ4n) is 2.18. The standard InChI is InChI=1S/C15H21N3O2/c1-4-10(8-16)15-17-9-13(18-15)12-7-11(19-2)5-6-14(12)20-3/h5-7,9-10H,4,8,16H2,1-3H3,(H,17,18). The molecular weight excluding hydrogens is 254 g/mol. The average Bonchev–Trinajstić information content (AvgIpc) is 2.97. The Kier molecular flexibility index (Phi) is 4.63. The van der Waals surface area contributed by atoms with E-state index in [-0.39, 0.29) is 5.92 Å². The second kappa shape index (κ2) is 6.43. The second-order valence-corrected chi connectivity index (χ2v) is 4.59. The zero-order valence-electron chi connectivity index (χ0n) is 12.1. The maximum atomic E-state index is 5.76. The maximum Gasteiger partial charge on any atom is 0.128 e. The van der Waals surface area contributed by atoms with Gasteiger partial charge in [-0.3, -0.25) is 0 Å². The highest BCUT2D eigenvalue weighted by atomic mass is 16.5. The molecule has 0 spiro atoms. The van der Waals surface area contributed by atoms with E-state index in [1.165, 1.54) is 0 Å². The third kappa shape index (κ3) is 2.77. The van der Waals surface area contributed by atoms with E-state index in [4.69, 9.17) is 15.2 Å². The Morgan fingerprint density at radius 2 is 2.10 bits per heavy atom. The molecule has 0 fully saturated rings. The molecule has 1 atom stereocenters. The molecule has 5 nitrogen and oxygen atoms in total. The van der Waals surface area contributed by atoms with E-state index in [1.807, 2.05) is 24.4 Å². The average molecular weight is 275 g/mol. The molecule has 1 aromatic heterocycles. The van der Waals surface area contributed by atoms with Crippen molar-refractivity contribution >= 4 is 0 Å². The van der Waals surface area contributed by atoms with Crippen molar-refractivity contribution in [1.29, 1.82) is 0 Å². The molecule has 1 unspecified atom stereocenters. The Balaban J connectivity index is 2.40. The Hall–Kier alpha value is -2.01. The van der Waals surface area contributed by atoms with Crippen LogP contribution in [0.1, 0.15) is 25.1 Å². The first-order valence-electron chi connectivity index (χ1n) is 6.70. The van der Waals surface area contributed by atoms with Crippen molar-refractivity contribution < 1.29 is 9.47 Å². The lowest BCUT2D eigenvalue weighted by Crippen LogP contribution is -2.12. The van der Waals surface area contributed by atoms with Gasteiger partial charge in [0.25, 0.3) is 0 Å². The summed E-state index contributed by atoms with van der Waals surface area (Å²) in [5.41, 5.74) is 7.59. The highest BCUT2D eigenvalue weighted by Crippen LogP contribution is 2.33. The van der Waals surface area contributed by atoms with Gasteiger partial charge in [-0.15, -0.1) is 0 Å². The summed E-state index contributed by atoms with van der Waals surface area (Å²) in [6.45, 7) is 2.69. The van der Waals surface area contributed by atoms with Gasteiger partial charge in [-0.25, -0.2) is 4.98 Å².